The van der Waals surface area contributed by atoms with E-state index < -0.39 is 0 Å². The molecule has 1 aromatic rings. The maximum absolute atomic E-state index is 4.81. The van der Waals surface area contributed by atoms with Gasteiger partial charge in [-0.3, -0.25) is 4.99 Å². The van der Waals surface area contributed by atoms with E-state index in [0.29, 0.717) is 0 Å². The third-order valence-electron chi connectivity index (χ3n) is 3.08. The lowest BCUT2D eigenvalue weighted by molar-refractivity contribution is 0.667. The molecular formula is C14H19N. The molecule has 1 nitrogen and oxygen atoms in total. The standard InChI is InChI=1S/C14H19N/c1-2-12-8-6-7-11-14(12)15-13-9-4-3-5-10-13/h6-8,11H,2-5,9-10H2,1H3. The fourth-order valence-electron chi connectivity index (χ4n) is 2.16. The summed E-state index contributed by atoms with van der Waals surface area (Å²) in [6, 6.07) is 8.51. The third-order valence-corrected chi connectivity index (χ3v) is 3.08. The van der Waals surface area contributed by atoms with Gasteiger partial charge in [-0.1, -0.05) is 31.5 Å². The van der Waals surface area contributed by atoms with Gasteiger partial charge in [-0.15, -0.1) is 0 Å². The third kappa shape index (κ3) is 2.68. The van der Waals surface area contributed by atoms with Crippen molar-refractivity contribution in [3.63, 3.8) is 0 Å². The molecule has 1 fully saturated rings. The Kier molecular flexibility index (Phi) is 3.54. The van der Waals surface area contributed by atoms with Crippen molar-refractivity contribution in [2.75, 3.05) is 0 Å². The molecule has 0 aromatic heterocycles. The van der Waals surface area contributed by atoms with Gasteiger partial charge < -0.3 is 0 Å². The summed E-state index contributed by atoms with van der Waals surface area (Å²) in [5.41, 5.74) is 3.97. The van der Waals surface area contributed by atoms with Crippen LogP contribution in [-0.2, 0) is 6.42 Å². The van der Waals surface area contributed by atoms with Crippen LogP contribution in [-0.4, -0.2) is 5.71 Å². The summed E-state index contributed by atoms with van der Waals surface area (Å²) in [5, 5.41) is 0. The van der Waals surface area contributed by atoms with Gasteiger partial charge >= 0.3 is 0 Å². The van der Waals surface area contributed by atoms with Crippen LogP contribution in [0.5, 0.6) is 0 Å². The van der Waals surface area contributed by atoms with Crippen molar-refractivity contribution in [1.82, 2.24) is 0 Å². The normalized spacial score (nSPS) is 16.5. The van der Waals surface area contributed by atoms with Crippen LogP contribution in [0.1, 0.15) is 44.6 Å². The first-order valence-corrected chi connectivity index (χ1v) is 6.04. The van der Waals surface area contributed by atoms with Crippen molar-refractivity contribution >= 4 is 11.4 Å². The lowest BCUT2D eigenvalue weighted by atomic mass is 9.98. The maximum Gasteiger partial charge on any atom is 0.0660 e. The molecule has 0 aliphatic heterocycles. The molecule has 15 heavy (non-hydrogen) atoms. The SMILES string of the molecule is CCc1ccccc1N=C1CCCCC1. The summed E-state index contributed by atoms with van der Waals surface area (Å²) in [6.45, 7) is 2.19. The first-order chi connectivity index (χ1) is 7.40. The van der Waals surface area contributed by atoms with Crippen LogP contribution in [0.15, 0.2) is 29.3 Å². The van der Waals surface area contributed by atoms with E-state index in [4.69, 9.17) is 4.99 Å². The minimum absolute atomic E-state index is 1.08. The minimum Gasteiger partial charge on any atom is -0.258 e. The Labute approximate surface area is 92.2 Å². The zero-order valence-corrected chi connectivity index (χ0v) is 9.50. The molecule has 1 saturated carbocycles. The number of para-hydroxylation sites is 1. The fraction of sp³-hybridized carbons (Fsp3) is 0.500. The number of nitrogens with zero attached hydrogens (tertiary/aromatic N) is 1. The molecule has 0 amide bonds. The van der Waals surface area contributed by atoms with Gasteiger partial charge in [0.2, 0.25) is 0 Å². The van der Waals surface area contributed by atoms with Crippen LogP contribution in [0.2, 0.25) is 0 Å². The molecule has 80 valence electrons. The van der Waals surface area contributed by atoms with Crippen LogP contribution >= 0.6 is 0 Å². The van der Waals surface area contributed by atoms with E-state index in [0.717, 1.165) is 6.42 Å². The van der Waals surface area contributed by atoms with Crippen LogP contribution < -0.4 is 0 Å². The average molecular weight is 201 g/mol. The molecule has 2 rings (SSSR count). The molecule has 0 atom stereocenters. The molecule has 0 heterocycles. The Morgan fingerprint density at radius 3 is 2.53 bits per heavy atom. The lowest BCUT2D eigenvalue weighted by Crippen LogP contribution is -2.04. The number of hydrogen-bond donors (Lipinski definition) is 0. The Bertz CT molecular complexity index is 344. The van der Waals surface area contributed by atoms with Crippen molar-refractivity contribution < 1.29 is 0 Å². The summed E-state index contributed by atoms with van der Waals surface area (Å²) in [4.78, 5) is 4.81. The van der Waals surface area contributed by atoms with Crippen molar-refractivity contribution in [3.05, 3.63) is 29.8 Å². The Morgan fingerprint density at radius 2 is 1.80 bits per heavy atom. The van der Waals surface area contributed by atoms with E-state index in [1.807, 2.05) is 0 Å². The topological polar surface area (TPSA) is 12.4 Å². The second-order valence-electron chi connectivity index (χ2n) is 4.22. The van der Waals surface area contributed by atoms with Gasteiger partial charge in [0.05, 0.1) is 5.69 Å². The molecule has 1 aliphatic rings. The van der Waals surface area contributed by atoms with Crippen LogP contribution in [0, 0.1) is 0 Å². The van der Waals surface area contributed by atoms with E-state index in [9.17, 15) is 0 Å². The van der Waals surface area contributed by atoms with Gasteiger partial charge in [-0.25, -0.2) is 0 Å². The predicted octanol–water partition coefficient (Wildman–Crippen LogP) is 4.29. The molecule has 0 saturated heterocycles. The molecule has 0 bridgehead atoms. The van der Waals surface area contributed by atoms with Gasteiger partial charge in [0.1, 0.15) is 0 Å². The fourth-order valence-corrected chi connectivity index (χ4v) is 2.16. The molecule has 0 N–H and O–H groups in total. The van der Waals surface area contributed by atoms with Gasteiger partial charge in [0.25, 0.3) is 0 Å². The molecule has 1 heteroatoms. The largest absolute Gasteiger partial charge is 0.258 e. The van der Waals surface area contributed by atoms with E-state index in [1.165, 1.54) is 49.1 Å². The quantitative estimate of drug-likeness (QED) is 0.677. The average Bonchev–Trinajstić information content (AvgIpc) is 2.31. The Morgan fingerprint density at radius 1 is 1.07 bits per heavy atom. The Balaban J connectivity index is 2.21. The lowest BCUT2D eigenvalue weighted by Gasteiger charge is -2.13. The predicted molar refractivity (Wildman–Crippen MR) is 66.0 cm³/mol. The second kappa shape index (κ2) is 5.11. The van der Waals surface area contributed by atoms with Crippen molar-refractivity contribution in [1.29, 1.82) is 0 Å². The zero-order valence-electron chi connectivity index (χ0n) is 9.50. The zero-order chi connectivity index (χ0) is 10.5. The smallest absolute Gasteiger partial charge is 0.0660 e. The molecule has 0 spiro atoms. The van der Waals surface area contributed by atoms with E-state index in [1.54, 1.807) is 0 Å². The number of aliphatic imine (C=N–C) groups is 1. The number of rotatable bonds is 2. The number of hydrogen-bond acceptors (Lipinski definition) is 1. The highest BCUT2D eigenvalue weighted by Gasteiger charge is 2.07. The highest BCUT2D eigenvalue weighted by Crippen LogP contribution is 2.23. The highest BCUT2D eigenvalue weighted by molar-refractivity contribution is 5.87. The molecule has 0 radical (unpaired) electrons. The summed E-state index contributed by atoms with van der Waals surface area (Å²) in [7, 11) is 0. The molecule has 1 aliphatic carbocycles. The van der Waals surface area contributed by atoms with Gasteiger partial charge in [-0.2, -0.15) is 0 Å². The van der Waals surface area contributed by atoms with E-state index in [2.05, 4.69) is 31.2 Å². The summed E-state index contributed by atoms with van der Waals surface area (Å²) < 4.78 is 0. The van der Waals surface area contributed by atoms with Crippen LogP contribution in [0.3, 0.4) is 0 Å². The van der Waals surface area contributed by atoms with Crippen molar-refractivity contribution in [2.45, 2.75) is 45.4 Å². The monoisotopic (exact) mass is 201 g/mol. The van der Waals surface area contributed by atoms with Crippen LogP contribution in [0.4, 0.5) is 5.69 Å². The van der Waals surface area contributed by atoms with Gasteiger partial charge in [-0.05, 0) is 43.7 Å². The summed E-state index contributed by atoms with van der Waals surface area (Å²) >= 11 is 0. The van der Waals surface area contributed by atoms with Gasteiger partial charge in [0, 0.05) is 5.71 Å². The highest BCUT2D eigenvalue weighted by atomic mass is 14.8. The number of aryl methyl sites for hydroxylation is 1. The maximum atomic E-state index is 4.81. The minimum atomic E-state index is 1.08. The molecular weight excluding hydrogens is 182 g/mol. The van der Waals surface area contributed by atoms with E-state index >= 15 is 0 Å². The first kappa shape index (κ1) is 10.4. The van der Waals surface area contributed by atoms with Gasteiger partial charge in [0.15, 0.2) is 0 Å². The number of benzene rings is 1. The second-order valence-corrected chi connectivity index (χ2v) is 4.22. The van der Waals surface area contributed by atoms with Crippen LogP contribution in [0.25, 0.3) is 0 Å². The Hall–Kier alpha value is -1.11. The summed E-state index contributed by atoms with van der Waals surface area (Å²) in [6.07, 6.45) is 7.53. The van der Waals surface area contributed by atoms with E-state index in [-0.39, 0.29) is 0 Å². The summed E-state index contributed by atoms with van der Waals surface area (Å²) in [5.74, 6) is 0. The molecule has 1 aromatic carbocycles. The first-order valence-electron chi connectivity index (χ1n) is 6.04. The van der Waals surface area contributed by atoms with Crippen molar-refractivity contribution in [2.24, 2.45) is 4.99 Å². The van der Waals surface area contributed by atoms with Crippen molar-refractivity contribution in [3.8, 4) is 0 Å². The molecule has 0 unspecified atom stereocenters.